The van der Waals surface area contributed by atoms with Crippen LogP contribution in [0.3, 0.4) is 0 Å². The van der Waals surface area contributed by atoms with Crippen LogP contribution in [-0.4, -0.2) is 43.5 Å². The van der Waals surface area contributed by atoms with E-state index in [2.05, 4.69) is 22.3 Å². The third-order valence-electron chi connectivity index (χ3n) is 4.87. The quantitative estimate of drug-likeness (QED) is 0.696. The van der Waals surface area contributed by atoms with Gasteiger partial charge in [0.1, 0.15) is 11.5 Å². The molecular formula is C22H28N2O3S. The first-order valence-electron chi connectivity index (χ1n) is 9.54. The van der Waals surface area contributed by atoms with E-state index in [1.54, 1.807) is 14.2 Å². The van der Waals surface area contributed by atoms with E-state index in [0.29, 0.717) is 11.7 Å². The Morgan fingerprint density at radius 3 is 2.61 bits per heavy atom. The molecule has 2 aromatic rings. The molecule has 1 N–H and O–H groups in total. The second kappa shape index (κ2) is 9.75. The molecule has 0 saturated carbocycles. The van der Waals surface area contributed by atoms with E-state index in [9.17, 15) is 0 Å². The van der Waals surface area contributed by atoms with Gasteiger partial charge in [-0.05, 0) is 67.4 Å². The number of nitrogens with zero attached hydrogens (tertiary/aromatic N) is 1. The van der Waals surface area contributed by atoms with Gasteiger partial charge in [0.2, 0.25) is 0 Å². The fourth-order valence-corrected chi connectivity index (χ4v) is 3.55. The van der Waals surface area contributed by atoms with Crippen molar-refractivity contribution in [1.82, 2.24) is 4.90 Å². The van der Waals surface area contributed by atoms with Gasteiger partial charge in [-0.2, -0.15) is 0 Å². The van der Waals surface area contributed by atoms with Crippen molar-refractivity contribution in [2.24, 2.45) is 0 Å². The lowest BCUT2D eigenvalue weighted by molar-refractivity contribution is 0.0905. The predicted octanol–water partition coefficient (Wildman–Crippen LogP) is 4.39. The minimum Gasteiger partial charge on any atom is -0.497 e. The van der Waals surface area contributed by atoms with Crippen molar-refractivity contribution >= 4 is 23.0 Å². The van der Waals surface area contributed by atoms with E-state index >= 15 is 0 Å². The molecule has 5 nitrogen and oxygen atoms in total. The first-order chi connectivity index (χ1) is 13.6. The summed E-state index contributed by atoms with van der Waals surface area (Å²) < 4.78 is 16.6. The van der Waals surface area contributed by atoms with Gasteiger partial charge in [-0.15, -0.1) is 0 Å². The Hall–Kier alpha value is -2.31. The Bertz CT molecular complexity index is 789. The average molecular weight is 401 g/mol. The third-order valence-corrected chi connectivity index (χ3v) is 5.23. The van der Waals surface area contributed by atoms with E-state index in [1.165, 1.54) is 5.56 Å². The monoisotopic (exact) mass is 400 g/mol. The fraction of sp³-hybridized carbons (Fsp3) is 0.409. The molecule has 1 fully saturated rings. The summed E-state index contributed by atoms with van der Waals surface area (Å²) in [4.78, 5) is 2.16. The topological polar surface area (TPSA) is 43.0 Å². The number of hydrogen-bond acceptors (Lipinski definition) is 4. The summed E-state index contributed by atoms with van der Waals surface area (Å²) in [5, 5.41) is 4.02. The van der Waals surface area contributed by atoms with Gasteiger partial charge < -0.3 is 24.4 Å². The Labute approximate surface area is 172 Å². The smallest absolute Gasteiger partial charge is 0.173 e. The van der Waals surface area contributed by atoms with E-state index in [1.807, 2.05) is 37.3 Å². The molecule has 1 atom stereocenters. The van der Waals surface area contributed by atoms with Crippen LogP contribution in [0.4, 0.5) is 5.69 Å². The Kier molecular flexibility index (Phi) is 7.12. The van der Waals surface area contributed by atoms with Crippen molar-refractivity contribution in [3.05, 3.63) is 53.6 Å². The fourth-order valence-electron chi connectivity index (χ4n) is 3.30. The summed E-state index contributed by atoms with van der Waals surface area (Å²) in [5.74, 6) is 1.63. The van der Waals surface area contributed by atoms with Gasteiger partial charge in [-0.3, -0.25) is 0 Å². The molecule has 0 aliphatic carbocycles. The first kappa shape index (κ1) is 20.4. The number of aryl methyl sites for hydroxylation is 1. The van der Waals surface area contributed by atoms with Gasteiger partial charge in [0.05, 0.1) is 26.0 Å². The van der Waals surface area contributed by atoms with Crippen LogP contribution in [0.15, 0.2) is 42.5 Å². The second-order valence-corrected chi connectivity index (χ2v) is 7.38. The zero-order valence-electron chi connectivity index (χ0n) is 16.7. The first-order valence-corrected chi connectivity index (χ1v) is 9.95. The average Bonchev–Trinajstić information content (AvgIpc) is 3.22. The lowest BCUT2D eigenvalue weighted by Gasteiger charge is -2.29. The molecule has 2 aromatic carbocycles. The number of benzene rings is 2. The summed E-state index contributed by atoms with van der Waals surface area (Å²) in [5.41, 5.74) is 3.17. The van der Waals surface area contributed by atoms with Crippen molar-refractivity contribution in [3.63, 3.8) is 0 Å². The number of ether oxygens (including phenoxy) is 3. The highest BCUT2D eigenvalue weighted by molar-refractivity contribution is 7.80. The minimum atomic E-state index is 0.206. The zero-order valence-corrected chi connectivity index (χ0v) is 17.6. The summed E-state index contributed by atoms with van der Waals surface area (Å²) in [6.45, 7) is 4.32. The third kappa shape index (κ3) is 5.36. The Morgan fingerprint density at radius 2 is 1.96 bits per heavy atom. The highest BCUT2D eigenvalue weighted by atomic mass is 32.1. The predicted molar refractivity (Wildman–Crippen MR) is 116 cm³/mol. The molecule has 150 valence electrons. The molecule has 0 amide bonds. The van der Waals surface area contributed by atoms with Crippen LogP contribution in [0.25, 0.3) is 0 Å². The van der Waals surface area contributed by atoms with Crippen LogP contribution in [0.2, 0.25) is 0 Å². The van der Waals surface area contributed by atoms with Crippen LogP contribution >= 0.6 is 12.2 Å². The number of nitrogens with one attached hydrogen (secondary N) is 1. The van der Waals surface area contributed by atoms with Crippen LogP contribution < -0.4 is 14.8 Å². The Morgan fingerprint density at radius 1 is 1.18 bits per heavy atom. The maximum atomic E-state index is 5.84. The molecule has 28 heavy (non-hydrogen) atoms. The second-order valence-electron chi connectivity index (χ2n) is 7.00. The number of thiocarbonyl (C=S) groups is 1. The number of anilines is 1. The molecule has 0 bridgehead atoms. The van der Waals surface area contributed by atoms with Gasteiger partial charge >= 0.3 is 0 Å². The molecule has 3 rings (SSSR count). The van der Waals surface area contributed by atoms with E-state index in [0.717, 1.165) is 48.7 Å². The van der Waals surface area contributed by atoms with Gasteiger partial charge in [0, 0.05) is 19.7 Å². The molecule has 1 aliphatic rings. The zero-order chi connectivity index (χ0) is 19.9. The summed E-state index contributed by atoms with van der Waals surface area (Å²) in [6, 6.07) is 14.1. The highest BCUT2D eigenvalue weighted by Crippen LogP contribution is 2.26. The van der Waals surface area contributed by atoms with Crippen molar-refractivity contribution in [2.75, 3.05) is 32.7 Å². The van der Waals surface area contributed by atoms with Gasteiger partial charge in [0.15, 0.2) is 5.11 Å². The molecule has 0 radical (unpaired) electrons. The highest BCUT2D eigenvalue weighted by Gasteiger charge is 2.22. The maximum Gasteiger partial charge on any atom is 0.173 e. The van der Waals surface area contributed by atoms with Crippen molar-refractivity contribution in [1.29, 1.82) is 0 Å². The molecule has 0 aromatic heterocycles. The minimum absolute atomic E-state index is 0.206. The molecule has 1 unspecified atom stereocenters. The van der Waals surface area contributed by atoms with Crippen LogP contribution in [0, 0.1) is 6.92 Å². The largest absolute Gasteiger partial charge is 0.497 e. The van der Waals surface area contributed by atoms with Crippen LogP contribution in [0.1, 0.15) is 24.0 Å². The lowest BCUT2D eigenvalue weighted by atomic mass is 10.2. The van der Waals surface area contributed by atoms with Crippen molar-refractivity contribution < 1.29 is 14.2 Å². The van der Waals surface area contributed by atoms with E-state index in [-0.39, 0.29) is 6.10 Å². The maximum absolute atomic E-state index is 5.84. The van der Waals surface area contributed by atoms with Gasteiger partial charge in [-0.1, -0.05) is 18.2 Å². The number of hydrogen-bond donors (Lipinski definition) is 1. The molecular weight excluding hydrogens is 372 g/mol. The van der Waals surface area contributed by atoms with Crippen molar-refractivity contribution in [2.45, 2.75) is 32.4 Å². The van der Waals surface area contributed by atoms with Crippen LogP contribution in [0.5, 0.6) is 11.5 Å². The molecule has 1 saturated heterocycles. The summed E-state index contributed by atoms with van der Waals surface area (Å²) in [7, 11) is 3.34. The lowest BCUT2D eigenvalue weighted by Crippen LogP contribution is -2.39. The van der Waals surface area contributed by atoms with Crippen LogP contribution in [-0.2, 0) is 11.3 Å². The molecule has 0 spiro atoms. The SMILES string of the molecule is COc1ccc(CN(CC2CCCO2)C(=S)Nc2ccc(C)cc2OC)cc1. The molecule has 1 heterocycles. The van der Waals surface area contributed by atoms with E-state index in [4.69, 9.17) is 26.4 Å². The summed E-state index contributed by atoms with van der Waals surface area (Å²) >= 11 is 5.76. The van der Waals surface area contributed by atoms with E-state index < -0.39 is 0 Å². The van der Waals surface area contributed by atoms with Crippen molar-refractivity contribution in [3.8, 4) is 11.5 Å². The number of methoxy groups -OCH3 is 2. The molecule has 6 heteroatoms. The Balaban J connectivity index is 1.75. The molecule has 1 aliphatic heterocycles. The van der Waals surface area contributed by atoms with Gasteiger partial charge in [-0.25, -0.2) is 0 Å². The normalized spacial score (nSPS) is 15.9. The van der Waals surface area contributed by atoms with Gasteiger partial charge in [0.25, 0.3) is 0 Å². The number of rotatable bonds is 7. The standard InChI is InChI=1S/C22H28N2O3S/c1-16-6-11-20(21(13-16)26-3)23-22(28)24(15-19-5-4-12-27-19)14-17-7-9-18(25-2)10-8-17/h6-11,13,19H,4-5,12,14-15H2,1-3H3,(H,23,28). The summed E-state index contributed by atoms with van der Waals surface area (Å²) in [6.07, 6.45) is 2.38.